The van der Waals surface area contributed by atoms with E-state index in [9.17, 15) is 23.1 Å². The lowest BCUT2D eigenvalue weighted by Gasteiger charge is -2.10. The molecule has 0 saturated carbocycles. The Morgan fingerprint density at radius 2 is 2.06 bits per heavy atom. The molecule has 1 aromatic rings. The van der Waals surface area contributed by atoms with Crippen molar-refractivity contribution in [1.29, 1.82) is 5.41 Å². The first-order valence-corrected chi connectivity index (χ1v) is 4.73. The average Bonchev–Trinajstić information content (AvgIpc) is 2.24. The molecule has 1 amide bonds. The van der Waals surface area contributed by atoms with Crippen LogP contribution in [0.2, 0.25) is 0 Å². The van der Waals surface area contributed by atoms with E-state index < -0.39 is 29.0 Å². The first kappa shape index (κ1) is 13.8. The van der Waals surface area contributed by atoms with Crippen molar-refractivity contribution in [3.05, 3.63) is 29.3 Å². The number of nitrogens with two attached hydrogens (primary N) is 1. The van der Waals surface area contributed by atoms with Gasteiger partial charge in [0.1, 0.15) is 11.6 Å². The monoisotopic (exact) mass is 261 g/mol. The van der Waals surface area contributed by atoms with Crippen molar-refractivity contribution in [3.8, 4) is 5.75 Å². The molecular weight excluding hydrogens is 251 g/mol. The minimum absolute atomic E-state index is 0.311. The number of alkyl halides is 3. The highest BCUT2D eigenvalue weighted by Crippen LogP contribution is 2.32. The molecule has 1 aromatic carbocycles. The number of amidine groups is 1. The molecule has 8 heteroatoms. The lowest BCUT2D eigenvalue weighted by Crippen LogP contribution is -2.33. The molecule has 0 aliphatic rings. The molecule has 0 aliphatic carbocycles. The van der Waals surface area contributed by atoms with Gasteiger partial charge in [-0.05, 0) is 18.2 Å². The third-order valence-corrected chi connectivity index (χ3v) is 2.01. The van der Waals surface area contributed by atoms with Gasteiger partial charge in [0, 0.05) is 0 Å². The minimum Gasteiger partial charge on any atom is -0.507 e. The molecule has 0 spiro atoms. The van der Waals surface area contributed by atoms with Crippen molar-refractivity contribution in [1.82, 2.24) is 5.32 Å². The van der Waals surface area contributed by atoms with Crippen molar-refractivity contribution < 1.29 is 23.1 Å². The highest BCUT2D eigenvalue weighted by Gasteiger charge is 2.31. The standard InChI is InChI=1S/C10H10F3N3O2/c11-10(12,13)5-1-2-7(17)6(3-5)9(18)16-4-8(14)15/h1-3,17H,4H2,(H3,14,15)(H,16,18). The highest BCUT2D eigenvalue weighted by atomic mass is 19.4. The molecule has 0 unspecified atom stereocenters. The van der Waals surface area contributed by atoms with Crippen LogP contribution in [0.5, 0.6) is 5.75 Å². The third-order valence-electron chi connectivity index (χ3n) is 2.01. The fourth-order valence-electron chi connectivity index (χ4n) is 1.16. The topological polar surface area (TPSA) is 99.2 Å². The van der Waals surface area contributed by atoms with Gasteiger partial charge in [-0.25, -0.2) is 0 Å². The summed E-state index contributed by atoms with van der Waals surface area (Å²) >= 11 is 0. The summed E-state index contributed by atoms with van der Waals surface area (Å²) in [4.78, 5) is 11.5. The fourth-order valence-corrected chi connectivity index (χ4v) is 1.16. The summed E-state index contributed by atoms with van der Waals surface area (Å²) < 4.78 is 37.2. The number of rotatable bonds is 3. The van der Waals surface area contributed by atoms with Crippen molar-refractivity contribution in [2.75, 3.05) is 6.54 Å². The van der Waals surface area contributed by atoms with Crippen LogP contribution in [0.15, 0.2) is 18.2 Å². The number of carbonyl (C=O) groups excluding carboxylic acids is 1. The predicted molar refractivity (Wildman–Crippen MR) is 57.4 cm³/mol. The van der Waals surface area contributed by atoms with E-state index in [-0.39, 0.29) is 12.4 Å². The Bertz CT molecular complexity index is 486. The maximum atomic E-state index is 12.4. The van der Waals surface area contributed by atoms with Crippen LogP contribution < -0.4 is 11.1 Å². The molecule has 0 radical (unpaired) electrons. The summed E-state index contributed by atoms with van der Waals surface area (Å²) in [5.41, 5.74) is 3.41. The smallest absolute Gasteiger partial charge is 0.416 e. The fraction of sp³-hybridized carbons (Fsp3) is 0.200. The first-order chi connectivity index (χ1) is 8.21. The molecule has 0 atom stereocenters. The van der Waals surface area contributed by atoms with E-state index in [2.05, 4.69) is 5.32 Å². The van der Waals surface area contributed by atoms with Gasteiger partial charge in [-0.15, -0.1) is 0 Å². The average molecular weight is 261 g/mol. The number of aromatic hydroxyl groups is 1. The van der Waals surface area contributed by atoms with Crippen molar-refractivity contribution in [3.63, 3.8) is 0 Å². The van der Waals surface area contributed by atoms with E-state index in [0.717, 1.165) is 6.07 Å². The summed E-state index contributed by atoms with van der Waals surface area (Å²) in [6.45, 7) is -0.311. The number of phenols is 1. The van der Waals surface area contributed by atoms with Gasteiger partial charge in [-0.1, -0.05) is 0 Å². The Morgan fingerprint density at radius 1 is 1.44 bits per heavy atom. The number of nitrogens with one attached hydrogen (secondary N) is 2. The molecule has 98 valence electrons. The van der Waals surface area contributed by atoms with Crippen LogP contribution in [0.4, 0.5) is 13.2 Å². The maximum absolute atomic E-state index is 12.4. The van der Waals surface area contributed by atoms with Gasteiger partial charge in [-0.2, -0.15) is 13.2 Å². The van der Waals surface area contributed by atoms with Gasteiger partial charge < -0.3 is 16.2 Å². The van der Waals surface area contributed by atoms with Crippen molar-refractivity contribution >= 4 is 11.7 Å². The molecule has 1 rings (SSSR count). The van der Waals surface area contributed by atoms with Gasteiger partial charge >= 0.3 is 6.18 Å². The van der Waals surface area contributed by atoms with Gasteiger partial charge in [0.25, 0.3) is 5.91 Å². The molecule has 0 aromatic heterocycles. The van der Waals surface area contributed by atoms with E-state index in [4.69, 9.17) is 11.1 Å². The molecule has 0 saturated heterocycles. The van der Waals surface area contributed by atoms with Crippen LogP contribution in [0.3, 0.4) is 0 Å². The van der Waals surface area contributed by atoms with Crippen LogP contribution in [0.25, 0.3) is 0 Å². The quantitative estimate of drug-likeness (QED) is 0.484. The van der Waals surface area contributed by atoms with Crippen LogP contribution in [-0.2, 0) is 6.18 Å². The van der Waals surface area contributed by atoms with Crippen LogP contribution in [0, 0.1) is 5.41 Å². The zero-order chi connectivity index (χ0) is 13.9. The van der Waals surface area contributed by atoms with Gasteiger partial charge in [0.05, 0.1) is 17.7 Å². The first-order valence-electron chi connectivity index (χ1n) is 4.73. The maximum Gasteiger partial charge on any atom is 0.416 e. The summed E-state index contributed by atoms with van der Waals surface area (Å²) in [5, 5.41) is 18.3. The van der Waals surface area contributed by atoms with Crippen LogP contribution in [-0.4, -0.2) is 23.4 Å². The zero-order valence-corrected chi connectivity index (χ0v) is 9.01. The summed E-state index contributed by atoms with van der Waals surface area (Å²) in [6, 6.07) is 1.98. The molecule has 0 heterocycles. The Morgan fingerprint density at radius 3 is 2.56 bits per heavy atom. The predicted octanol–water partition coefficient (Wildman–Crippen LogP) is 1.08. The molecule has 5 nitrogen and oxygen atoms in total. The minimum atomic E-state index is -4.61. The number of halogens is 3. The van der Waals surface area contributed by atoms with E-state index >= 15 is 0 Å². The second-order valence-electron chi connectivity index (χ2n) is 3.44. The second-order valence-corrected chi connectivity index (χ2v) is 3.44. The van der Waals surface area contributed by atoms with Crippen LogP contribution >= 0.6 is 0 Å². The Labute approximate surface area is 99.9 Å². The molecule has 0 aliphatic heterocycles. The van der Waals surface area contributed by atoms with Gasteiger partial charge in [0.2, 0.25) is 0 Å². The molecule has 0 fully saturated rings. The highest BCUT2D eigenvalue weighted by molar-refractivity contribution is 5.98. The number of benzene rings is 1. The van der Waals surface area contributed by atoms with E-state index in [1.807, 2.05) is 0 Å². The Hall–Kier alpha value is -2.25. The normalized spacial score (nSPS) is 11.1. The van der Waals surface area contributed by atoms with Gasteiger partial charge in [-0.3, -0.25) is 10.2 Å². The Balaban J connectivity index is 3.01. The number of hydrogen-bond acceptors (Lipinski definition) is 3. The van der Waals surface area contributed by atoms with E-state index in [0.29, 0.717) is 12.1 Å². The SMILES string of the molecule is N=C(N)CNC(=O)c1cc(C(F)(F)F)ccc1O. The summed E-state index contributed by atoms with van der Waals surface area (Å²) in [6.07, 6.45) is -4.61. The zero-order valence-electron chi connectivity index (χ0n) is 9.01. The van der Waals surface area contributed by atoms with Gasteiger partial charge in [0.15, 0.2) is 0 Å². The van der Waals surface area contributed by atoms with Crippen LogP contribution in [0.1, 0.15) is 15.9 Å². The lowest BCUT2D eigenvalue weighted by atomic mass is 10.1. The largest absolute Gasteiger partial charge is 0.507 e. The number of carbonyl (C=O) groups is 1. The molecule has 5 N–H and O–H groups in total. The molecule has 0 bridgehead atoms. The van der Waals surface area contributed by atoms with E-state index in [1.54, 1.807) is 0 Å². The number of amides is 1. The van der Waals surface area contributed by atoms with E-state index in [1.165, 1.54) is 0 Å². The van der Waals surface area contributed by atoms with Crippen molar-refractivity contribution in [2.24, 2.45) is 5.73 Å². The summed E-state index contributed by atoms with van der Waals surface area (Å²) in [5.74, 6) is -1.87. The number of phenolic OH excluding ortho intramolecular Hbond substituents is 1. The lowest BCUT2D eigenvalue weighted by molar-refractivity contribution is -0.137. The summed E-state index contributed by atoms with van der Waals surface area (Å²) in [7, 11) is 0. The third kappa shape index (κ3) is 3.37. The second kappa shape index (κ2) is 4.94. The number of hydrogen-bond donors (Lipinski definition) is 4. The molecule has 18 heavy (non-hydrogen) atoms. The Kier molecular flexibility index (Phi) is 3.79. The molecular formula is C10H10F3N3O2. The van der Waals surface area contributed by atoms with Crippen molar-refractivity contribution in [2.45, 2.75) is 6.18 Å².